The van der Waals surface area contributed by atoms with Crippen LogP contribution in [0.2, 0.25) is 0 Å². The smallest absolute Gasteiger partial charge is 0.283 e. The van der Waals surface area contributed by atoms with E-state index < -0.39 is 11.8 Å². The zero-order chi connectivity index (χ0) is 18.5. The molecule has 2 aromatic heterocycles. The number of para-hydroxylation sites is 1. The Morgan fingerprint density at radius 3 is 2.85 bits per heavy atom. The number of rotatable bonds is 5. The van der Waals surface area contributed by atoms with Gasteiger partial charge in [-0.15, -0.1) is 10.2 Å². The highest BCUT2D eigenvalue weighted by molar-refractivity contribution is 5.96. The normalized spacial score (nSPS) is 11.6. The van der Waals surface area contributed by atoms with E-state index in [1.165, 1.54) is 18.4 Å². The lowest BCUT2D eigenvalue weighted by Gasteiger charge is -1.97. The average molecular weight is 352 g/mol. The molecule has 132 valence electrons. The van der Waals surface area contributed by atoms with Gasteiger partial charge in [0.05, 0.1) is 11.8 Å². The third kappa shape index (κ3) is 3.69. The fourth-order valence-electron chi connectivity index (χ4n) is 2.37. The second-order valence-corrected chi connectivity index (χ2v) is 5.41. The van der Waals surface area contributed by atoms with Crippen molar-refractivity contribution in [2.75, 3.05) is 6.54 Å². The second kappa shape index (κ2) is 7.47. The quantitative estimate of drug-likeness (QED) is 0.543. The Labute approximate surface area is 148 Å². The van der Waals surface area contributed by atoms with Crippen molar-refractivity contribution >= 4 is 34.5 Å². The molecule has 2 heterocycles. The molecule has 0 aliphatic heterocycles. The monoisotopic (exact) mass is 352 g/mol. The lowest BCUT2D eigenvalue weighted by molar-refractivity contribution is -0.122. The number of aromatic nitrogens is 1. The van der Waals surface area contributed by atoms with E-state index in [9.17, 15) is 14.7 Å². The van der Waals surface area contributed by atoms with Crippen LogP contribution in [0.15, 0.2) is 63.4 Å². The molecule has 3 aromatic rings. The fraction of sp³-hybridized carbons (Fsp3) is 0.111. The molecule has 2 N–H and O–H groups in total. The number of benzene rings is 1. The van der Waals surface area contributed by atoms with Crippen molar-refractivity contribution < 1.29 is 19.1 Å². The number of amides is 2. The minimum atomic E-state index is -0.642. The maximum Gasteiger partial charge on any atom is 0.283 e. The third-order valence-electron chi connectivity index (χ3n) is 3.67. The molecule has 8 nitrogen and oxygen atoms in total. The summed E-state index contributed by atoms with van der Waals surface area (Å²) in [5, 5.41) is 20.6. The SMILES string of the molecule is Cn1c(O)c(N=NC(=O)CNC(=O)/C=C\c2ccco2)c2ccccc21. The summed E-state index contributed by atoms with van der Waals surface area (Å²) in [6, 6.07) is 10.6. The van der Waals surface area contributed by atoms with Gasteiger partial charge in [-0.2, -0.15) is 0 Å². The Balaban J connectivity index is 1.62. The summed E-state index contributed by atoms with van der Waals surface area (Å²) in [7, 11) is 1.68. The standard InChI is InChI=1S/C18H16N4O4/c1-22-14-7-3-2-6-13(14)17(18(22)25)21-20-16(24)11-19-15(23)9-8-12-5-4-10-26-12/h2-10,25H,11H2,1H3,(H,19,23)/b9-8-,21-20?. The van der Waals surface area contributed by atoms with Crippen LogP contribution in [0.4, 0.5) is 5.69 Å². The van der Waals surface area contributed by atoms with Crippen LogP contribution in [0.1, 0.15) is 5.76 Å². The minimum Gasteiger partial charge on any atom is -0.493 e. The first-order valence-electron chi connectivity index (χ1n) is 7.76. The van der Waals surface area contributed by atoms with Crippen molar-refractivity contribution in [2.45, 2.75) is 0 Å². The van der Waals surface area contributed by atoms with E-state index in [4.69, 9.17) is 4.42 Å². The Morgan fingerprint density at radius 2 is 2.08 bits per heavy atom. The van der Waals surface area contributed by atoms with Gasteiger partial charge in [-0.3, -0.25) is 9.59 Å². The van der Waals surface area contributed by atoms with Crippen molar-refractivity contribution in [2.24, 2.45) is 17.3 Å². The van der Waals surface area contributed by atoms with Crippen LogP contribution in [0.3, 0.4) is 0 Å². The Morgan fingerprint density at radius 1 is 1.27 bits per heavy atom. The molecule has 0 aliphatic carbocycles. The molecule has 2 amide bonds. The lowest BCUT2D eigenvalue weighted by Crippen LogP contribution is -2.26. The first-order valence-corrected chi connectivity index (χ1v) is 7.76. The first kappa shape index (κ1) is 17.2. The molecule has 0 atom stereocenters. The van der Waals surface area contributed by atoms with E-state index in [2.05, 4.69) is 15.5 Å². The number of fused-ring (bicyclic) bond motifs is 1. The van der Waals surface area contributed by atoms with Gasteiger partial charge in [-0.25, -0.2) is 0 Å². The van der Waals surface area contributed by atoms with Crippen molar-refractivity contribution in [3.8, 4) is 5.88 Å². The zero-order valence-corrected chi connectivity index (χ0v) is 13.9. The molecule has 26 heavy (non-hydrogen) atoms. The predicted molar refractivity (Wildman–Crippen MR) is 94.9 cm³/mol. The highest BCUT2D eigenvalue weighted by atomic mass is 16.3. The van der Waals surface area contributed by atoms with Crippen molar-refractivity contribution in [3.63, 3.8) is 0 Å². The van der Waals surface area contributed by atoms with Crippen LogP contribution in [0.5, 0.6) is 5.88 Å². The molecular weight excluding hydrogens is 336 g/mol. The minimum absolute atomic E-state index is 0.0897. The van der Waals surface area contributed by atoms with E-state index in [1.54, 1.807) is 35.9 Å². The highest BCUT2D eigenvalue weighted by Gasteiger charge is 2.14. The molecular formula is C18H16N4O4. The number of hydrogen-bond acceptors (Lipinski definition) is 5. The van der Waals surface area contributed by atoms with Gasteiger partial charge in [0.2, 0.25) is 11.8 Å². The van der Waals surface area contributed by atoms with Gasteiger partial charge in [-0.05, 0) is 24.3 Å². The molecule has 0 fully saturated rings. The molecule has 0 saturated carbocycles. The summed E-state index contributed by atoms with van der Waals surface area (Å²) in [5.74, 6) is -0.666. The Bertz CT molecular complexity index is 1000. The Hall–Kier alpha value is -3.68. The number of nitrogens with one attached hydrogen (secondary N) is 1. The van der Waals surface area contributed by atoms with Gasteiger partial charge >= 0.3 is 0 Å². The highest BCUT2D eigenvalue weighted by Crippen LogP contribution is 2.37. The van der Waals surface area contributed by atoms with Crippen molar-refractivity contribution in [1.29, 1.82) is 0 Å². The third-order valence-corrected chi connectivity index (χ3v) is 3.67. The van der Waals surface area contributed by atoms with Gasteiger partial charge in [0.1, 0.15) is 12.3 Å². The van der Waals surface area contributed by atoms with Gasteiger partial charge in [0.15, 0.2) is 5.69 Å². The first-order chi connectivity index (χ1) is 12.6. The molecule has 0 saturated heterocycles. The number of azo groups is 1. The molecule has 0 aliphatic rings. The average Bonchev–Trinajstić information content (AvgIpc) is 3.25. The number of carbonyl (C=O) groups excluding carboxylic acids is 2. The molecule has 0 spiro atoms. The number of hydrogen-bond donors (Lipinski definition) is 2. The van der Waals surface area contributed by atoms with E-state index >= 15 is 0 Å². The van der Waals surface area contributed by atoms with Crippen LogP contribution < -0.4 is 5.32 Å². The topological polar surface area (TPSA) is 109 Å². The summed E-state index contributed by atoms with van der Waals surface area (Å²) in [6.07, 6.45) is 4.22. The van der Waals surface area contributed by atoms with Crippen molar-refractivity contribution in [3.05, 3.63) is 54.5 Å². The van der Waals surface area contributed by atoms with Crippen LogP contribution in [-0.4, -0.2) is 28.0 Å². The van der Waals surface area contributed by atoms with Crippen LogP contribution >= 0.6 is 0 Å². The number of furan rings is 1. The zero-order valence-electron chi connectivity index (χ0n) is 13.9. The summed E-state index contributed by atoms with van der Waals surface area (Å²) >= 11 is 0. The summed E-state index contributed by atoms with van der Waals surface area (Å²) in [5.41, 5.74) is 0.975. The number of nitrogens with zero attached hydrogens (tertiary/aromatic N) is 3. The van der Waals surface area contributed by atoms with E-state index in [0.717, 1.165) is 5.52 Å². The summed E-state index contributed by atoms with van der Waals surface area (Å²) in [6.45, 7) is -0.309. The van der Waals surface area contributed by atoms with Gasteiger partial charge in [0.25, 0.3) is 5.91 Å². The predicted octanol–water partition coefficient (Wildman–Crippen LogP) is 2.92. The van der Waals surface area contributed by atoms with E-state index in [0.29, 0.717) is 11.1 Å². The number of aryl methyl sites for hydroxylation is 1. The van der Waals surface area contributed by atoms with Gasteiger partial charge < -0.3 is 19.4 Å². The number of carbonyl (C=O) groups is 2. The van der Waals surface area contributed by atoms with E-state index in [1.807, 2.05) is 12.1 Å². The Kier molecular flexibility index (Phi) is 4.93. The summed E-state index contributed by atoms with van der Waals surface area (Å²) in [4.78, 5) is 23.4. The van der Waals surface area contributed by atoms with E-state index in [-0.39, 0.29) is 18.1 Å². The van der Waals surface area contributed by atoms with Crippen LogP contribution in [0, 0.1) is 0 Å². The molecule has 0 bridgehead atoms. The summed E-state index contributed by atoms with van der Waals surface area (Å²) < 4.78 is 6.60. The molecule has 3 rings (SSSR count). The number of aromatic hydroxyl groups is 1. The van der Waals surface area contributed by atoms with Crippen LogP contribution in [0.25, 0.3) is 17.0 Å². The lowest BCUT2D eigenvalue weighted by atomic mass is 10.2. The molecule has 1 aromatic carbocycles. The second-order valence-electron chi connectivity index (χ2n) is 5.41. The van der Waals surface area contributed by atoms with Gasteiger partial charge in [-0.1, -0.05) is 18.2 Å². The van der Waals surface area contributed by atoms with Crippen LogP contribution in [-0.2, 0) is 16.6 Å². The molecule has 0 unspecified atom stereocenters. The molecule has 0 radical (unpaired) electrons. The molecule has 8 heteroatoms. The fourth-order valence-corrected chi connectivity index (χ4v) is 2.37. The maximum absolute atomic E-state index is 11.8. The van der Waals surface area contributed by atoms with Gasteiger partial charge in [0, 0.05) is 18.5 Å². The van der Waals surface area contributed by atoms with Crippen molar-refractivity contribution in [1.82, 2.24) is 9.88 Å². The maximum atomic E-state index is 11.8. The largest absolute Gasteiger partial charge is 0.493 e.